The van der Waals surface area contributed by atoms with Crippen LogP contribution in [0.5, 0.6) is 0 Å². The van der Waals surface area contributed by atoms with Gasteiger partial charge >= 0.3 is 0 Å². The maximum absolute atomic E-state index is 7.43. The van der Waals surface area contributed by atoms with Crippen LogP contribution in [0.15, 0.2) is 188 Å². The fraction of sp³-hybridized carbons (Fsp3) is 0. The maximum atomic E-state index is 7.43. The van der Waals surface area contributed by atoms with Crippen LogP contribution in [-0.2, 0) is 0 Å². The summed E-state index contributed by atoms with van der Waals surface area (Å²) in [5.41, 5.74) is 13.7. The molecule has 8 heteroatoms. The minimum Gasteiger partial charge on any atom is -0.455 e. The van der Waals surface area contributed by atoms with Crippen molar-refractivity contribution in [3.8, 4) is 11.4 Å². The Kier molecular flexibility index (Phi) is 5.81. The van der Waals surface area contributed by atoms with Crippen LogP contribution in [0.2, 0.25) is 0 Å². The molecule has 0 spiro atoms. The van der Waals surface area contributed by atoms with Gasteiger partial charge in [0.15, 0.2) is 11.2 Å². The standard InChI is InChI=1S/C54H28N2O4P2/c1-3-15-31(16-4-1)55-37-21-11-23-39-49(37)61-51-43(59-47-33-19-9-7-13-29(33)25-41(57-39)53(47)61)28-36-35(45(51)55)27-44-52-46(36)56(32-17-5-2-6-18-32)38-22-12-24-40-50(38)62(52)54-42(58-40)26-30-14-8-10-20-34(30)48(54)60-44/h1-28H. The number of hydrogen-bond acceptors (Lipinski definition) is 4. The number of aromatic nitrogens is 2. The van der Waals surface area contributed by atoms with Gasteiger partial charge in [-0.3, -0.25) is 0 Å². The average molecular weight is 831 g/mol. The molecule has 0 saturated carbocycles. The van der Waals surface area contributed by atoms with Gasteiger partial charge in [-0.1, -0.05) is 112 Å². The Morgan fingerprint density at radius 3 is 1.19 bits per heavy atom. The van der Waals surface area contributed by atoms with Crippen LogP contribution in [0.4, 0.5) is 0 Å². The summed E-state index contributed by atoms with van der Waals surface area (Å²) in [6.07, 6.45) is 0. The summed E-state index contributed by atoms with van der Waals surface area (Å²) in [7, 11) is -2.21. The quantitative estimate of drug-likeness (QED) is 0.129. The molecule has 288 valence electrons. The van der Waals surface area contributed by atoms with E-state index in [0.29, 0.717) is 0 Å². The molecule has 16 aromatic rings. The molecular formula is C54H28N2O4P2. The molecule has 0 aliphatic rings. The second-order valence-electron chi connectivity index (χ2n) is 16.5. The molecule has 0 saturated heterocycles. The van der Waals surface area contributed by atoms with Gasteiger partial charge in [-0.2, -0.15) is 0 Å². The van der Waals surface area contributed by atoms with E-state index >= 15 is 0 Å². The molecule has 10 aromatic carbocycles. The highest BCUT2D eigenvalue weighted by molar-refractivity contribution is 7.64. The molecule has 6 heterocycles. The first-order valence-electron chi connectivity index (χ1n) is 20.8. The minimum absolute atomic E-state index is 0.868. The van der Waals surface area contributed by atoms with Gasteiger partial charge in [-0.15, -0.1) is 0 Å². The molecule has 16 rings (SSSR count). The summed E-state index contributed by atoms with van der Waals surface area (Å²) in [4.78, 5) is 0. The van der Waals surface area contributed by atoms with Crippen LogP contribution >= 0.6 is 14.7 Å². The highest BCUT2D eigenvalue weighted by Crippen LogP contribution is 2.61. The van der Waals surface area contributed by atoms with Crippen LogP contribution in [-0.4, -0.2) is 9.13 Å². The Balaban J connectivity index is 1.28. The summed E-state index contributed by atoms with van der Waals surface area (Å²) in [6, 6.07) is 60.7. The van der Waals surface area contributed by atoms with Crippen molar-refractivity contribution in [2.24, 2.45) is 0 Å². The third-order valence-corrected chi connectivity index (χ3v) is 18.6. The maximum Gasteiger partial charge on any atom is 0.150 e. The largest absolute Gasteiger partial charge is 0.455 e. The van der Waals surface area contributed by atoms with Gasteiger partial charge in [0.1, 0.15) is 33.5 Å². The molecule has 2 unspecified atom stereocenters. The van der Waals surface area contributed by atoms with Crippen molar-refractivity contribution >= 4 is 144 Å². The van der Waals surface area contributed by atoms with Gasteiger partial charge in [0.25, 0.3) is 0 Å². The zero-order valence-corrected chi connectivity index (χ0v) is 34.4. The number of rotatable bonds is 2. The molecule has 0 aliphatic carbocycles. The summed E-state index contributed by atoms with van der Waals surface area (Å²) in [5, 5.41) is 13.7. The smallest absolute Gasteiger partial charge is 0.150 e. The highest BCUT2D eigenvalue weighted by atomic mass is 31.1. The predicted molar refractivity (Wildman–Crippen MR) is 258 cm³/mol. The minimum atomic E-state index is -1.11. The highest BCUT2D eigenvalue weighted by Gasteiger charge is 2.30. The van der Waals surface area contributed by atoms with Crippen LogP contribution in [0.1, 0.15) is 0 Å². The van der Waals surface area contributed by atoms with Crippen LogP contribution in [0.25, 0.3) is 141 Å². The predicted octanol–water partition coefficient (Wildman–Crippen LogP) is 17.2. The van der Waals surface area contributed by atoms with Crippen molar-refractivity contribution in [3.63, 3.8) is 0 Å². The van der Waals surface area contributed by atoms with Gasteiger partial charge in [0.05, 0.1) is 52.8 Å². The number of para-hydroxylation sites is 2. The summed E-state index contributed by atoms with van der Waals surface area (Å²) in [5.74, 6) is 0. The second-order valence-corrected chi connectivity index (χ2v) is 20.5. The third-order valence-electron chi connectivity index (χ3n) is 13.3. The van der Waals surface area contributed by atoms with Crippen LogP contribution in [0, 0.1) is 0 Å². The van der Waals surface area contributed by atoms with Gasteiger partial charge in [0.2, 0.25) is 0 Å². The monoisotopic (exact) mass is 830 g/mol. The van der Waals surface area contributed by atoms with Gasteiger partial charge < -0.3 is 26.8 Å². The molecule has 0 aliphatic heterocycles. The Morgan fingerprint density at radius 2 is 0.726 bits per heavy atom. The molecule has 0 N–H and O–H groups in total. The fourth-order valence-corrected chi connectivity index (χ4v) is 16.6. The van der Waals surface area contributed by atoms with E-state index < -0.39 is 14.7 Å². The van der Waals surface area contributed by atoms with Crippen molar-refractivity contribution in [1.82, 2.24) is 9.13 Å². The lowest BCUT2D eigenvalue weighted by atomic mass is 10.1. The summed E-state index contributed by atoms with van der Waals surface area (Å²) in [6.45, 7) is 0. The van der Waals surface area contributed by atoms with Crippen LogP contribution in [0.3, 0.4) is 0 Å². The molecule has 6 aromatic heterocycles. The average Bonchev–Trinajstić information content (AvgIpc) is 3.32. The van der Waals surface area contributed by atoms with E-state index in [1.807, 2.05) is 0 Å². The second kappa shape index (κ2) is 11.2. The van der Waals surface area contributed by atoms with Crippen molar-refractivity contribution in [1.29, 1.82) is 0 Å². The first kappa shape index (κ1) is 32.2. The Bertz CT molecular complexity index is 4330. The molecule has 2 atom stereocenters. The van der Waals surface area contributed by atoms with Crippen molar-refractivity contribution in [2.45, 2.75) is 0 Å². The first-order chi connectivity index (χ1) is 30.8. The van der Waals surface area contributed by atoms with Crippen molar-refractivity contribution in [2.75, 3.05) is 0 Å². The van der Waals surface area contributed by atoms with Gasteiger partial charge in [-0.05, 0) is 83.6 Å². The normalized spacial score (nSPS) is 13.4. The Morgan fingerprint density at radius 1 is 0.306 bits per heavy atom. The topological polar surface area (TPSA) is 62.4 Å². The van der Waals surface area contributed by atoms with E-state index in [0.717, 1.165) is 121 Å². The Hall–Kier alpha value is -7.62. The van der Waals surface area contributed by atoms with Crippen molar-refractivity contribution in [3.05, 3.63) is 170 Å². The summed E-state index contributed by atoms with van der Waals surface area (Å²) < 4.78 is 33.6. The van der Waals surface area contributed by atoms with Gasteiger partial charge in [-0.25, -0.2) is 0 Å². The molecule has 0 amide bonds. The lowest BCUT2D eigenvalue weighted by Gasteiger charge is -2.26. The molecule has 0 fully saturated rings. The van der Waals surface area contributed by atoms with E-state index in [1.54, 1.807) is 0 Å². The number of fused-ring (bicyclic) bond motifs is 7. The van der Waals surface area contributed by atoms with E-state index in [-0.39, 0.29) is 0 Å². The first-order valence-corrected chi connectivity index (χ1v) is 23.5. The van der Waals surface area contributed by atoms with Crippen LogP contribution < -0.4 is 0 Å². The molecule has 0 bridgehead atoms. The number of benzene rings is 10. The SMILES string of the molecule is c1ccc(-n2c3cccc4oc5cc6ccccc6c6oc7cc8c(cc9oc%10c%11ccccc%11cc%11oc%12cccc%13c%12p(c%11%10)c9c8n%13-c8ccccc8)c2c7p(c56)c43)cc1. The van der Waals surface area contributed by atoms with E-state index in [2.05, 4.69) is 179 Å². The summed E-state index contributed by atoms with van der Waals surface area (Å²) >= 11 is 0. The lowest BCUT2D eigenvalue weighted by molar-refractivity contribution is 0.653. The molecule has 6 nitrogen and oxygen atoms in total. The molecular weight excluding hydrogens is 803 g/mol. The zero-order chi connectivity index (χ0) is 39.9. The van der Waals surface area contributed by atoms with E-state index in [9.17, 15) is 0 Å². The van der Waals surface area contributed by atoms with Gasteiger partial charge in [0, 0.05) is 32.9 Å². The third kappa shape index (κ3) is 3.82. The van der Waals surface area contributed by atoms with Crippen molar-refractivity contribution < 1.29 is 17.7 Å². The number of hydrogen-bond donors (Lipinski definition) is 0. The zero-order valence-electron chi connectivity index (χ0n) is 32.6. The number of nitrogens with zero attached hydrogens (tertiary/aromatic N) is 2. The Labute approximate surface area is 351 Å². The molecule has 0 radical (unpaired) electrons. The van der Waals surface area contributed by atoms with E-state index in [1.165, 1.54) is 20.5 Å². The fourth-order valence-electron chi connectivity index (χ4n) is 10.9. The van der Waals surface area contributed by atoms with E-state index in [4.69, 9.17) is 17.7 Å². The lowest BCUT2D eigenvalue weighted by Crippen LogP contribution is -2.04. The molecule has 62 heavy (non-hydrogen) atoms.